The number of rotatable bonds is 4. The molecule has 0 aliphatic rings. The van der Waals surface area contributed by atoms with E-state index >= 15 is 0 Å². The Kier molecular flexibility index (Phi) is 4.22. The Morgan fingerprint density at radius 1 is 1.41 bits per heavy atom. The summed E-state index contributed by atoms with van der Waals surface area (Å²) in [6.45, 7) is 1.99. The summed E-state index contributed by atoms with van der Waals surface area (Å²) in [4.78, 5) is 11.8. The standard InChI is InChI=1S/C15H12ClN3O2S/c1-2-14-18-19-15(22-14)17-13(20)6-4-11-8-9-7-10(16)3-5-12(9)21-11/h3-8H,2H2,1H3,(H,17,19,20)/b6-4+. The Morgan fingerprint density at radius 3 is 3.05 bits per heavy atom. The van der Waals surface area contributed by atoms with E-state index in [1.165, 1.54) is 17.4 Å². The van der Waals surface area contributed by atoms with Crippen LogP contribution in [0, 0.1) is 0 Å². The minimum absolute atomic E-state index is 0.280. The lowest BCUT2D eigenvalue weighted by molar-refractivity contribution is -0.111. The number of fused-ring (bicyclic) bond motifs is 1. The lowest BCUT2D eigenvalue weighted by atomic mass is 10.2. The number of nitrogens with one attached hydrogen (secondary N) is 1. The summed E-state index contributed by atoms with van der Waals surface area (Å²) < 4.78 is 5.59. The largest absolute Gasteiger partial charge is 0.457 e. The van der Waals surface area contributed by atoms with Gasteiger partial charge >= 0.3 is 0 Å². The molecule has 0 fully saturated rings. The van der Waals surface area contributed by atoms with Gasteiger partial charge in [0, 0.05) is 16.5 Å². The summed E-state index contributed by atoms with van der Waals surface area (Å²) in [7, 11) is 0. The predicted octanol–water partition coefficient (Wildman–Crippen LogP) is 4.15. The Hall–Kier alpha value is -2.18. The van der Waals surface area contributed by atoms with Crippen molar-refractivity contribution in [3.63, 3.8) is 0 Å². The Balaban J connectivity index is 1.70. The van der Waals surface area contributed by atoms with Gasteiger partial charge in [-0.1, -0.05) is 29.9 Å². The number of hydrogen-bond donors (Lipinski definition) is 1. The molecule has 0 atom stereocenters. The first kappa shape index (κ1) is 14.7. The molecule has 0 spiro atoms. The maximum Gasteiger partial charge on any atom is 0.250 e. The van der Waals surface area contributed by atoms with Crippen molar-refractivity contribution >= 4 is 51.0 Å². The van der Waals surface area contributed by atoms with Crippen molar-refractivity contribution in [1.29, 1.82) is 0 Å². The molecule has 0 radical (unpaired) electrons. The second kappa shape index (κ2) is 6.29. The molecule has 1 amide bonds. The minimum atomic E-state index is -0.280. The Morgan fingerprint density at radius 2 is 2.27 bits per heavy atom. The van der Waals surface area contributed by atoms with Gasteiger partial charge in [0.2, 0.25) is 11.0 Å². The summed E-state index contributed by atoms with van der Waals surface area (Å²) in [5.74, 6) is 0.302. The molecule has 22 heavy (non-hydrogen) atoms. The molecular formula is C15H12ClN3O2S. The molecule has 0 saturated heterocycles. The first-order valence-corrected chi connectivity index (χ1v) is 7.84. The predicted molar refractivity (Wildman–Crippen MR) is 88.2 cm³/mol. The summed E-state index contributed by atoms with van der Waals surface area (Å²) in [5.41, 5.74) is 0.723. The van der Waals surface area contributed by atoms with Gasteiger partial charge < -0.3 is 4.42 Å². The average molecular weight is 334 g/mol. The van der Waals surface area contributed by atoms with Crippen molar-refractivity contribution in [3.8, 4) is 0 Å². The number of amides is 1. The van der Waals surface area contributed by atoms with E-state index in [0.717, 1.165) is 22.4 Å². The average Bonchev–Trinajstić information content (AvgIpc) is 3.10. The van der Waals surface area contributed by atoms with Gasteiger partial charge in [0.25, 0.3) is 0 Å². The second-order valence-corrected chi connectivity index (χ2v) is 6.01. The minimum Gasteiger partial charge on any atom is -0.457 e. The molecule has 5 nitrogen and oxygen atoms in total. The maximum atomic E-state index is 11.8. The number of benzene rings is 1. The Bertz CT molecular complexity index is 853. The molecule has 0 unspecified atom stereocenters. The highest BCUT2D eigenvalue weighted by Crippen LogP contribution is 2.23. The number of carbonyl (C=O) groups excluding carboxylic acids is 1. The van der Waals surface area contributed by atoms with Crippen LogP contribution < -0.4 is 5.32 Å². The van der Waals surface area contributed by atoms with Crippen molar-refractivity contribution in [2.24, 2.45) is 0 Å². The highest BCUT2D eigenvalue weighted by atomic mass is 35.5. The zero-order valence-electron chi connectivity index (χ0n) is 11.7. The van der Waals surface area contributed by atoms with Crippen LogP contribution in [0.25, 0.3) is 17.0 Å². The van der Waals surface area contributed by atoms with E-state index in [2.05, 4.69) is 15.5 Å². The van der Waals surface area contributed by atoms with E-state index in [9.17, 15) is 4.79 Å². The van der Waals surface area contributed by atoms with Crippen LogP contribution >= 0.6 is 22.9 Å². The third kappa shape index (κ3) is 3.35. The third-order valence-corrected chi connectivity index (χ3v) is 4.11. The first-order chi connectivity index (χ1) is 10.6. The van der Waals surface area contributed by atoms with Crippen LogP contribution in [0.4, 0.5) is 5.13 Å². The quantitative estimate of drug-likeness (QED) is 0.728. The molecule has 3 aromatic rings. The zero-order valence-corrected chi connectivity index (χ0v) is 13.2. The molecule has 0 aliphatic heterocycles. The normalized spacial score (nSPS) is 11.4. The lowest BCUT2D eigenvalue weighted by Gasteiger charge is -1.93. The third-order valence-electron chi connectivity index (χ3n) is 2.90. The number of aryl methyl sites for hydroxylation is 1. The van der Waals surface area contributed by atoms with Crippen LogP contribution in [0.15, 0.2) is 34.8 Å². The van der Waals surface area contributed by atoms with Gasteiger partial charge in [-0.2, -0.15) is 0 Å². The van der Waals surface area contributed by atoms with Crippen molar-refractivity contribution in [2.45, 2.75) is 13.3 Å². The van der Waals surface area contributed by atoms with Gasteiger partial charge in [0.15, 0.2) is 0 Å². The summed E-state index contributed by atoms with van der Waals surface area (Å²) in [5, 5.41) is 13.4. The van der Waals surface area contributed by atoms with Gasteiger partial charge in [-0.05, 0) is 36.8 Å². The van der Waals surface area contributed by atoms with Crippen LogP contribution in [0.5, 0.6) is 0 Å². The molecular weight excluding hydrogens is 322 g/mol. The van der Waals surface area contributed by atoms with Crippen LogP contribution in [0.2, 0.25) is 5.02 Å². The first-order valence-electron chi connectivity index (χ1n) is 6.64. The van der Waals surface area contributed by atoms with Crippen LogP contribution in [0.1, 0.15) is 17.7 Å². The number of anilines is 1. The molecule has 2 aromatic heterocycles. The van der Waals surface area contributed by atoms with Crippen molar-refractivity contribution in [1.82, 2.24) is 10.2 Å². The van der Waals surface area contributed by atoms with Gasteiger partial charge in [-0.3, -0.25) is 10.1 Å². The molecule has 7 heteroatoms. The molecule has 1 aromatic carbocycles. The van der Waals surface area contributed by atoms with Crippen LogP contribution in [-0.4, -0.2) is 16.1 Å². The lowest BCUT2D eigenvalue weighted by Crippen LogP contribution is -2.07. The van der Waals surface area contributed by atoms with E-state index in [0.29, 0.717) is 15.9 Å². The van der Waals surface area contributed by atoms with E-state index in [-0.39, 0.29) is 5.91 Å². The summed E-state index contributed by atoms with van der Waals surface area (Å²) >= 11 is 7.29. The summed E-state index contributed by atoms with van der Waals surface area (Å²) in [6, 6.07) is 7.19. The zero-order chi connectivity index (χ0) is 15.5. The van der Waals surface area contributed by atoms with E-state index in [4.69, 9.17) is 16.0 Å². The molecule has 1 N–H and O–H groups in total. The van der Waals surface area contributed by atoms with Crippen molar-refractivity contribution in [3.05, 3.63) is 46.1 Å². The molecule has 0 saturated carbocycles. The molecule has 2 heterocycles. The monoisotopic (exact) mass is 333 g/mol. The molecule has 0 bridgehead atoms. The SMILES string of the molecule is CCc1nnc(NC(=O)/C=C/c2cc3cc(Cl)ccc3o2)s1. The van der Waals surface area contributed by atoms with E-state index in [1.54, 1.807) is 18.2 Å². The van der Waals surface area contributed by atoms with E-state index < -0.39 is 0 Å². The Labute approximate surface area is 135 Å². The topological polar surface area (TPSA) is 68.0 Å². The second-order valence-electron chi connectivity index (χ2n) is 4.51. The summed E-state index contributed by atoms with van der Waals surface area (Å²) in [6.07, 6.45) is 3.79. The fourth-order valence-corrected chi connectivity index (χ4v) is 2.73. The number of carbonyl (C=O) groups is 1. The smallest absolute Gasteiger partial charge is 0.250 e. The number of halogens is 1. The van der Waals surface area contributed by atoms with Crippen molar-refractivity contribution < 1.29 is 9.21 Å². The van der Waals surface area contributed by atoms with Crippen LogP contribution in [-0.2, 0) is 11.2 Å². The maximum absolute atomic E-state index is 11.8. The number of hydrogen-bond acceptors (Lipinski definition) is 5. The fourth-order valence-electron chi connectivity index (χ4n) is 1.87. The number of furan rings is 1. The number of aromatic nitrogens is 2. The highest BCUT2D eigenvalue weighted by molar-refractivity contribution is 7.15. The van der Waals surface area contributed by atoms with Gasteiger partial charge in [-0.25, -0.2) is 0 Å². The van der Waals surface area contributed by atoms with E-state index in [1.807, 2.05) is 19.1 Å². The van der Waals surface area contributed by atoms with Gasteiger partial charge in [-0.15, -0.1) is 10.2 Å². The van der Waals surface area contributed by atoms with Crippen molar-refractivity contribution in [2.75, 3.05) is 5.32 Å². The molecule has 112 valence electrons. The molecule has 0 aliphatic carbocycles. The van der Waals surface area contributed by atoms with Crippen LogP contribution in [0.3, 0.4) is 0 Å². The fraction of sp³-hybridized carbons (Fsp3) is 0.133. The number of nitrogens with zero attached hydrogens (tertiary/aromatic N) is 2. The van der Waals surface area contributed by atoms with Gasteiger partial charge in [0.05, 0.1) is 0 Å². The van der Waals surface area contributed by atoms with Gasteiger partial charge in [0.1, 0.15) is 16.4 Å². The highest BCUT2D eigenvalue weighted by Gasteiger charge is 2.06. The molecule has 3 rings (SSSR count).